The van der Waals surface area contributed by atoms with Crippen LogP contribution in [0.3, 0.4) is 0 Å². The molecule has 1 N–H and O–H groups in total. The van der Waals surface area contributed by atoms with E-state index >= 15 is 0 Å². The number of aryl methyl sites for hydroxylation is 1. The molecule has 2 atom stereocenters. The molecule has 8 heteroatoms. The van der Waals surface area contributed by atoms with E-state index in [0.717, 1.165) is 31.5 Å². The molecule has 2 heterocycles. The van der Waals surface area contributed by atoms with Gasteiger partial charge >= 0.3 is 5.69 Å². The molecule has 2 aromatic heterocycles. The first-order valence-corrected chi connectivity index (χ1v) is 8.22. The molecule has 0 radical (unpaired) electrons. The number of rotatable bonds is 4. The number of nitrogens with one attached hydrogen (secondary N) is 1. The number of carbonyl (C=O) groups excluding carboxylic acids is 1. The average Bonchev–Trinajstić information content (AvgIpc) is 2.84. The van der Waals surface area contributed by atoms with Crippen LogP contribution in [-0.4, -0.2) is 36.3 Å². The third kappa shape index (κ3) is 3.37. The van der Waals surface area contributed by atoms with E-state index in [2.05, 4.69) is 20.4 Å². The Morgan fingerprint density at radius 3 is 2.79 bits per heavy atom. The predicted molar refractivity (Wildman–Crippen MR) is 87.4 cm³/mol. The summed E-state index contributed by atoms with van der Waals surface area (Å²) in [7, 11) is 3.39. The molecule has 1 amide bonds. The molecule has 1 aliphatic carbocycles. The minimum atomic E-state index is -0.177. The second-order valence-electron chi connectivity index (χ2n) is 6.30. The van der Waals surface area contributed by atoms with E-state index < -0.39 is 0 Å². The lowest BCUT2D eigenvalue weighted by Crippen LogP contribution is -2.43. The molecule has 0 aliphatic heterocycles. The molecule has 0 spiro atoms. The van der Waals surface area contributed by atoms with Crippen molar-refractivity contribution in [1.29, 1.82) is 0 Å². The first-order valence-electron chi connectivity index (χ1n) is 8.22. The van der Waals surface area contributed by atoms with Gasteiger partial charge in [-0.05, 0) is 24.8 Å². The van der Waals surface area contributed by atoms with Gasteiger partial charge in [0.1, 0.15) is 17.8 Å². The molecule has 1 saturated carbocycles. The Bertz CT molecular complexity index is 767. The summed E-state index contributed by atoms with van der Waals surface area (Å²) < 4.78 is 2.94. The van der Waals surface area contributed by atoms with Crippen molar-refractivity contribution in [2.45, 2.75) is 38.1 Å². The second kappa shape index (κ2) is 6.94. The van der Waals surface area contributed by atoms with Crippen LogP contribution in [0.2, 0.25) is 0 Å². The SMILES string of the molecule is Cn1nc(C[C@H]2CCCC[C@H]2NC(=O)c2ccncn2)n(C)c1=O. The van der Waals surface area contributed by atoms with Gasteiger partial charge in [-0.3, -0.25) is 9.36 Å². The lowest BCUT2D eigenvalue weighted by molar-refractivity contribution is 0.0899. The van der Waals surface area contributed by atoms with Gasteiger partial charge in [-0.15, -0.1) is 0 Å². The van der Waals surface area contributed by atoms with Crippen molar-refractivity contribution in [2.75, 3.05) is 0 Å². The average molecular weight is 330 g/mol. The van der Waals surface area contributed by atoms with E-state index in [4.69, 9.17) is 0 Å². The van der Waals surface area contributed by atoms with Crippen molar-refractivity contribution in [3.05, 3.63) is 40.6 Å². The Morgan fingerprint density at radius 1 is 1.33 bits per heavy atom. The first kappa shape index (κ1) is 16.4. The fourth-order valence-electron chi connectivity index (χ4n) is 3.33. The topological polar surface area (TPSA) is 94.7 Å². The van der Waals surface area contributed by atoms with Gasteiger partial charge in [-0.1, -0.05) is 12.8 Å². The maximum Gasteiger partial charge on any atom is 0.345 e. The molecule has 0 unspecified atom stereocenters. The summed E-state index contributed by atoms with van der Waals surface area (Å²) in [5, 5.41) is 7.40. The number of carbonyl (C=O) groups is 1. The molecular weight excluding hydrogens is 308 g/mol. The van der Waals surface area contributed by atoms with E-state index in [1.54, 1.807) is 30.9 Å². The van der Waals surface area contributed by atoms with Crippen LogP contribution in [0.25, 0.3) is 0 Å². The van der Waals surface area contributed by atoms with Crippen LogP contribution in [0.5, 0.6) is 0 Å². The summed E-state index contributed by atoms with van der Waals surface area (Å²) in [6.07, 6.45) is 7.78. The van der Waals surface area contributed by atoms with E-state index in [-0.39, 0.29) is 23.6 Å². The van der Waals surface area contributed by atoms with Crippen LogP contribution < -0.4 is 11.0 Å². The summed E-state index contributed by atoms with van der Waals surface area (Å²) in [6.45, 7) is 0. The quantitative estimate of drug-likeness (QED) is 0.878. The molecule has 2 aromatic rings. The third-order valence-corrected chi connectivity index (χ3v) is 4.70. The van der Waals surface area contributed by atoms with Crippen LogP contribution in [0, 0.1) is 5.92 Å². The number of aromatic nitrogens is 5. The summed E-state index contributed by atoms with van der Waals surface area (Å²) in [5.74, 6) is 0.852. The zero-order chi connectivity index (χ0) is 17.1. The molecule has 128 valence electrons. The molecule has 3 rings (SSSR count). The minimum absolute atomic E-state index is 0.0679. The minimum Gasteiger partial charge on any atom is -0.348 e. The first-order chi connectivity index (χ1) is 11.6. The highest BCUT2D eigenvalue weighted by Crippen LogP contribution is 2.27. The molecule has 1 fully saturated rings. The van der Waals surface area contributed by atoms with Crippen LogP contribution in [0.1, 0.15) is 42.0 Å². The number of hydrogen-bond acceptors (Lipinski definition) is 5. The Morgan fingerprint density at radius 2 is 2.12 bits per heavy atom. The molecule has 8 nitrogen and oxygen atoms in total. The molecular formula is C16H22N6O2. The number of nitrogens with zero attached hydrogens (tertiary/aromatic N) is 5. The van der Waals surface area contributed by atoms with E-state index in [1.807, 2.05) is 0 Å². The highest BCUT2D eigenvalue weighted by molar-refractivity contribution is 5.92. The fraction of sp³-hybridized carbons (Fsp3) is 0.562. The zero-order valence-electron chi connectivity index (χ0n) is 14.0. The Kier molecular flexibility index (Phi) is 4.73. The summed E-state index contributed by atoms with van der Waals surface area (Å²) in [4.78, 5) is 32.0. The Labute approximate surface area is 139 Å². The largest absolute Gasteiger partial charge is 0.348 e. The lowest BCUT2D eigenvalue weighted by atomic mass is 9.82. The summed E-state index contributed by atoms with van der Waals surface area (Å²) >= 11 is 0. The third-order valence-electron chi connectivity index (χ3n) is 4.70. The monoisotopic (exact) mass is 330 g/mol. The fourth-order valence-corrected chi connectivity index (χ4v) is 3.33. The van der Waals surface area contributed by atoms with Crippen molar-refractivity contribution < 1.29 is 4.79 Å². The smallest absolute Gasteiger partial charge is 0.345 e. The Hall–Kier alpha value is -2.51. The predicted octanol–water partition coefficient (Wildman–Crippen LogP) is 0.440. The van der Waals surface area contributed by atoms with E-state index in [1.165, 1.54) is 11.0 Å². The number of hydrogen-bond donors (Lipinski definition) is 1. The standard InChI is InChI=1S/C16H22N6O2/c1-21-14(20-22(2)16(21)24)9-11-5-3-4-6-12(11)19-15(23)13-7-8-17-10-18-13/h7-8,10-12H,3-6,9H2,1-2H3,(H,19,23)/t11-,12-/m1/s1. The molecule has 0 saturated heterocycles. The van der Waals surface area contributed by atoms with Crippen LogP contribution in [-0.2, 0) is 20.5 Å². The van der Waals surface area contributed by atoms with Gasteiger partial charge in [-0.2, -0.15) is 5.10 Å². The van der Waals surface area contributed by atoms with Gasteiger partial charge in [-0.25, -0.2) is 19.4 Å². The highest BCUT2D eigenvalue weighted by atomic mass is 16.2. The Balaban J connectivity index is 1.72. The van der Waals surface area contributed by atoms with Gasteiger partial charge in [0.05, 0.1) is 0 Å². The van der Waals surface area contributed by atoms with Crippen molar-refractivity contribution in [3.8, 4) is 0 Å². The maximum absolute atomic E-state index is 12.4. The van der Waals surface area contributed by atoms with Crippen molar-refractivity contribution >= 4 is 5.91 Å². The molecule has 0 bridgehead atoms. The van der Waals surface area contributed by atoms with Crippen molar-refractivity contribution in [3.63, 3.8) is 0 Å². The second-order valence-corrected chi connectivity index (χ2v) is 6.30. The van der Waals surface area contributed by atoms with Crippen LogP contribution in [0.4, 0.5) is 0 Å². The normalized spacial score (nSPS) is 20.8. The maximum atomic E-state index is 12.4. The summed E-state index contributed by atoms with van der Waals surface area (Å²) in [5.41, 5.74) is 0.252. The van der Waals surface area contributed by atoms with Crippen LogP contribution in [0.15, 0.2) is 23.4 Å². The molecule has 1 aliphatic rings. The van der Waals surface area contributed by atoms with Crippen molar-refractivity contribution in [1.82, 2.24) is 29.6 Å². The highest BCUT2D eigenvalue weighted by Gasteiger charge is 2.28. The number of amides is 1. The lowest BCUT2D eigenvalue weighted by Gasteiger charge is -2.31. The summed E-state index contributed by atoms with van der Waals surface area (Å²) in [6, 6.07) is 1.67. The molecule has 0 aromatic carbocycles. The van der Waals surface area contributed by atoms with Gasteiger partial charge in [0, 0.05) is 32.8 Å². The van der Waals surface area contributed by atoms with Crippen molar-refractivity contribution in [2.24, 2.45) is 20.0 Å². The van der Waals surface area contributed by atoms with Gasteiger partial charge < -0.3 is 5.32 Å². The van der Waals surface area contributed by atoms with Gasteiger partial charge in [0.2, 0.25) is 0 Å². The van der Waals surface area contributed by atoms with Gasteiger partial charge in [0.25, 0.3) is 5.91 Å². The van der Waals surface area contributed by atoms with Gasteiger partial charge in [0.15, 0.2) is 0 Å². The van der Waals surface area contributed by atoms with E-state index in [0.29, 0.717) is 12.1 Å². The molecule has 24 heavy (non-hydrogen) atoms. The van der Waals surface area contributed by atoms with Crippen LogP contribution >= 0.6 is 0 Å². The van der Waals surface area contributed by atoms with E-state index in [9.17, 15) is 9.59 Å². The zero-order valence-corrected chi connectivity index (χ0v) is 14.0.